The lowest BCUT2D eigenvalue weighted by molar-refractivity contribution is 0.253. The van der Waals surface area contributed by atoms with Gasteiger partial charge < -0.3 is 13.9 Å². The number of unbranched alkanes of at least 4 members (excludes halogenated alkanes) is 3. The maximum Gasteiger partial charge on any atom is 0.394 e. The van der Waals surface area contributed by atoms with Gasteiger partial charge in [0.25, 0.3) is 0 Å². The Bertz CT molecular complexity index is 335. The zero-order valence-corrected chi connectivity index (χ0v) is 12.4. The fourth-order valence-corrected chi connectivity index (χ4v) is 2.40. The van der Waals surface area contributed by atoms with Gasteiger partial charge in [-0.15, -0.1) is 0 Å². The zero-order valence-electron chi connectivity index (χ0n) is 11.5. The molecule has 1 N–H and O–H groups in total. The van der Waals surface area contributed by atoms with Gasteiger partial charge in [0.15, 0.2) is 0 Å². The summed E-state index contributed by atoms with van der Waals surface area (Å²) >= 11 is 0. The van der Waals surface area contributed by atoms with Crippen LogP contribution in [0.25, 0.3) is 0 Å². The SMILES string of the molecule is CCCCCCOP(O)Oc1cc(C)cc(C)c1. The molecule has 3 nitrogen and oxygen atoms in total. The highest BCUT2D eigenvalue weighted by Crippen LogP contribution is 2.35. The molecule has 1 unspecified atom stereocenters. The lowest BCUT2D eigenvalue weighted by atomic mass is 10.1. The van der Waals surface area contributed by atoms with E-state index in [1.54, 1.807) is 0 Å². The Morgan fingerprint density at radius 1 is 1.06 bits per heavy atom. The van der Waals surface area contributed by atoms with Crippen molar-refractivity contribution in [3.05, 3.63) is 29.3 Å². The van der Waals surface area contributed by atoms with Gasteiger partial charge in [-0.2, -0.15) is 0 Å². The van der Waals surface area contributed by atoms with E-state index in [1.165, 1.54) is 12.8 Å². The van der Waals surface area contributed by atoms with Gasteiger partial charge in [0.2, 0.25) is 0 Å². The molecule has 0 aliphatic heterocycles. The summed E-state index contributed by atoms with van der Waals surface area (Å²) in [5, 5.41) is 0. The summed E-state index contributed by atoms with van der Waals surface area (Å²) in [6.45, 7) is 6.74. The number of aryl methyl sites for hydroxylation is 2. The van der Waals surface area contributed by atoms with Crippen LogP contribution < -0.4 is 4.52 Å². The second kappa shape index (κ2) is 8.47. The van der Waals surface area contributed by atoms with E-state index in [9.17, 15) is 4.89 Å². The van der Waals surface area contributed by atoms with Crippen LogP contribution in [0.5, 0.6) is 5.75 Å². The molecule has 0 fully saturated rings. The van der Waals surface area contributed by atoms with Crippen LogP contribution in [0.3, 0.4) is 0 Å². The summed E-state index contributed by atoms with van der Waals surface area (Å²) in [4.78, 5) is 9.66. The number of benzene rings is 1. The van der Waals surface area contributed by atoms with Gasteiger partial charge in [0, 0.05) is 0 Å². The van der Waals surface area contributed by atoms with E-state index in [0.717, 1.165) is 24.0 Å². The summed E-state index contributed by atoms with van der Waals surface area (Å²) in [6.07, 6.45) is 4.53. The van der Waals surface area contributed by atoms with Crippen LogP contribution in [0.4, 0.5) is 0 Å². The summed E-state index contributed by atoms with van der Waals surface area (Å²) in [5.74, 6) is 0.676. The van der Waals surface area contributed by atoms with E-state index < -0.39 is 8.60 Å². The van der Waals surface area contributed by atoms with Crippen LogP contribution in [-0.4, -0.2) is 11.5 Å². The minimum atomic E-state index is -1.80. The quantitative estimate of drug-likeness (QED) is 0.558. The van der Waals surface area contributed by atoms with Gasteiger partial charge in [0.05, 0.1) is 6.61 Å². The molecule has 1 atom stereocenters. The first kappa shape index (κ1) is 15.4. The molecule has 0 amide bonds. The van der Waals surface area contributed by atoms with Crippen molar-refractivity contribution in [1.82, 2.24) is 0 Å². The smallest absolute Gasteiger partial charge is 0.394 e. The van der Waals surface area contributed by atoms with Crippen LogP contribution in [0.1, 0.15) is 43.7 Å². The Balaban J connectivity index is 2.28. The first-order valence-corrected chi connectivity index (χ1v) is 7.63. The molecule has 4 heteroatoms. The molecule has 0 spiro atoms. The summed E-state index contributed by atoms with van der Waals surface area (Å²) < 4.78 is 10.7. The number of rotatable bonds is 8. The molecular formula is C14H23O3P. The minimum absolute atomic E-state index is 0.563. The van der Waals surface area contributed by atoms with Crippen molar-refractivity contribution in [2.75, 3.05) is 6.61 Å². The van der Waals surface area contributed by atoms with Crippen LogP contribution in [0.15, 0.2) is 18.2 Å². The molecule has 1 aromatic carbocycles. The van der Waals surface area contributed by atoms with Gasteiger partial charge in [-0.1, -0.05) is 32.3 Å². The van der Waals surface area contributed by atoms with Crippen molar-refractivity contribution in [3.63, 3.8) is 0 Å². The molecule has 0 saturated heterocycles. The molecule has 0 bridgehead atoms. The molecule has 0 aliphatic carbocycles. The van der Waals surface area contributed by atoms with Crippen LogP contribution in [-0.2, 0) is 4.52 Å². The third-order valence-electron chi connectivity index (χ3n) is 2.58. The highest BCUT2D eigenvalue weighted by molar-refractivity contribution is 7.41. The van der Waals surface area contributed by atoms with Crippen molar-refractivity contribution in [2.24, 2.45) is 0 Å². The monoisotopic (exact) mass is 270 g/mol. The van der Waals surface area contributed by atoms with E-state index >= 15 is 0 Å². The van der Waals surface area contributed by atoms with Crippen LogP contribution in [0.2, 0.25) is 0 Å². The summed E-state index contributed by atoms with van der Waals surface area (Å²) in [5.41, 5.74) is 2.24. The minimum Gasteiger partial charge on any atom is -0.427 e. The summed E-state index contributed by atoms with van der Waals surface area (Å²) in [7, 11) is -1.80. The van der Waals surface area contributed by atoms with Gasteiger partial charge in [-0.05, 0) is 43.5 Å². The molecule has 102 valence electrons. The molecule has 1 rings (SSSR count). The average Bonchev–Trinajstić information content (AvgIpc) is 2.27. The second-order valence-corrected chi connectivity index (χ2v) is 5.46. The van der Waals surface area contributed by atoms with Crippen molar-refractivity contribution in [3.8, 4) is 5.75 Å². The van der Waals surface area contributed by atoms with Gasteiger partial charge in [-0.25, -0.2) is 0 Å². The van der Waals surface area contributed by atoms with E-state index in [-0.39, 0.29) is 0 Å². The lowest BCUT2D eigenvalue weighted by Gasteiger charge is -2.12. The Morgan fingerprint density at radius 2 is 1.72 bits per heavy atom. The molecule has 0 heterocycles. The standard InChI is InChI=1S/C14H23O3P/c1-4-5-6-7-8-16-18(15)17-14-10-12(2)9-13(3)11-14/h9-11,15H,4-8H2,1-3H3. The van der Waals surface area contributed by atoms with Gasteiger partial charge in [0.1, 0.15) is 5.75 Å². The molecule has 0 radical (unpaired) electrons. The third-order valence-corrected chi connectivity index (χ3v) is 3.35. The van der Waals surface area contributed by atoms with Crippen molar-refractivity contribution < 1.29 is 13.9 Å². The topological polar surface area (TPSA) is 38.7 Å². The summed E-state index contributed by atoms with van der Waals surface area (Å²) in [6, 6.07) is 5.87. The third kappa shape index (κ3) is 6.34. The molecule has 0 aromatic heterocycles. The largest absolute Gasteiger partial charge is 0.427 e. The average molecular weight is 270 g/mol. The van der Waals surface area contributed by atoms with Gasteiger partial charge in [-0.3, -0.25) is 0 Å². The Labute approximate surface area is 111 Å². The fraction of sp³-hybridized carbons (Fsp3) is 0.571. The number of hydrogen-bond donors (Lipinski definition) is 1. The van der Waals surface area contributed by atoms with E-state index in [0.29, 0.717) is 12.4 Å². The highest BCUT2D eigenvalue weighted by atomic mass is 31.2. The Morgan fingerprint density at radius 3 is 2.33 bits per heavy atom. The van der Waals surface area contributed by atoms with Crippen molar-refractivity contribution in [2.45, 2.75) is 46.5 Å². The predicted molar refractivity (Wildman–Crippen MR) is 75.8 cm³/mol. The van der Waals surface area contributed by atoms with E-state index in [4.69, 9.17) is 9.05 Å². The lowest BCUT2D eigenvalue weighted by Crippen LogP contribution is -1.95. The molecule has 0 aliphatic rings. The zero-order chi connectivity index (χ0) is 13.4. The van der Waals surface area contributed by atoms with Crippen molar-refractivity contribution in [1.29, 1.82) is 0 Å². The second-order valence-electron chi connectivity index (χ2n) is 4.55. The van der Waals surface area contributed by atoms with E-state index in [2.05, 4.69) is 13.0 Å². The first-order valence-electron chi connectivity index (χ1n) is 6.50. The molecule has 1 aromatic rings. The molecule has 18 heavy (non-hydrogen) atoms. The molecular weight excluding hydrogens is 247 g/mol. The maximum atomic E-state index is 9.66. The highest BCUT2D eigenvalue weighted by Gasteiger charge is 2.09. The predicted octanol–water partition coefficient (Wildman–Crippen LogP) is 4.50. The van der Waals surface area contributed by atoms with E-state index in [1.807, 2.05) is 26.0 Å². The van der Waals surface area contributed by atoms with Gasteiger partial charge >= 0.3 is 8.60 Å². The normalized spacial score (nSPS) is 12.4. The Hall–Kier alpha value is -0.630. The molecule has 0 saturated carbocycles. The Kier molecular flexibility index (Phi) is 7.26. The first-order chi connectivity index (χ1) is 8.61. The fourth-order valence-electron chi connectivity index (χ4n) is 1.77. The van der Waals surface area contributed by atoms with Crippen LogP contribution in [0, 0.1) is 13.8 Å². The maximum absolute atomic E-state index is 9.66. The van der Waals surface area contributed by atoms with Crippen LogP contribution >= 0.6 is 8.60 Å². The van der Waals surface area contributed by atoms with Crippen molar-refractivity contribution >= 4 is 8.60 Å². The number of hydrogen-bond acceptors (Lipinski definition) is 3.